The average Bonchev–Trinajstić information content (AvgIpc) is 3.33. The highest BCUT2D eigenvalue weighted by Crippen LogP contribution is 2.37. The molecule has 0 fully saturated rings. The average molecular weight is 766 g/mol. The Hall–Kier alpha value is -7.75. The molecule has 11 aromatic rings. The minimum Gasteiger partial charge on any atom is -0.208 e. The summed E-state index contributed by atoms with van der Waals surface area (Å²) in [6.07, 6.45) is 0.881. The van der Waals surface area contributed by atoms with Crippen LogP contribution in [-0.4, -0.2) is 15.0 Å². The van der Waals surface area contributed by atoms with E-state index in [0.29, 0.717) is 17.5 Å². The fourth-order valence-corrected chi connectivity index (χ4v) is 8.69. The van der Waals surface area contributed by atoms with Gasteiger partial charge in [0.25, 0.3) is 0 Å². The van der Waals surface area contributed by atoms with Crippen LogP contribution in [0.2, 0.25) is 0 Å². The maximum atomic E-state index is 5.32. The maximum Gasteiger partial charge on any atom is 0.164 e. The minimum absolute atomic E-state index is 0.639. The molecule has 1 aromatic heterocycles. The highest BCUT2D eigenvalue weighted by atomic mass is 15.0. The van der Waals surface area contributed by atoms with Crippen molar-refractivity contribution in [1.82, 2.24) is 15.0 Å². The number of rotatable bonds is 7. The van der Waals surface area contributed by atoms with E-state index < -0.39 is 0 Å². The Morgan fingerprint density at radius 3 is 1.58 bits per heavy atom. The summed E-state index contributed by atoms with van der Waals surface area (Å²) in [5, 5.41) is 9.60. The summed E-state index contributed by atoms with van der Waals surface area (Å²) in [6, 6.07) is 73.9. The third-order valence-electron chi connectivity index (χ3n) is 11.8. The van der Waals surface area contributed by atoms with Crippen molar-refractivity contribution in [2.75, 3.05) is 0 Å². The predicted molar refractivity (Wildman–Crippen MR) is 252 cm³/mol. The molecule has 60 heavy (non-hydrogen) atoms. The summed E-state index contributed by atoms with van der Waals surface area (Å²) >= 11 is 0. The molecule has 0 bridgehead atoms. The number of hydrogen-bond donors (Lipinski definition) is 0. The number of benzene rings is 10. The molecule has 0 aliphatic heterocycles. The van der Waals surface area contributed by atoms with E-state index in [-0.39, 0.29) is 0 Å². The zero-order valence-electron chi connectivity index (χ0n) is 33.2. The summed E-state index contributed by atoms with van der Waals surface area (Å²) in [7, 11) is 0. The molecule has 3 nitrogen and oxygen atoms in total. The summed E-state index contributed by atoms with van der Waals surface area (Å²) in [6.45, 7) is 2.20. The van der Waals surface area contributed by atoms with Crippen LogP contribution in [0.4, 0.5) is 0 Å². The number of hydrogen-bond acceptors (Lipinski definition) is 3. The van der Waals surface area contributed by atoms with Gasteiger partial charge in [-0.1, -0.05) is 189 Å². The standard InChI is InChI=1S/C57H39N3/c1-2-37-32-47(40-24-22-39(23-25-40)45-31-26-38-12-3-4-14-44(38)34-45)35-48(33-37)56-58-55(43-29-27-42(28-30-43)50-21-11-16-41-13-5-7-17-49(41)50)59-57(60-56)54-36-46-15-6-8-18-51(46)52-19-9-10-20-53(52)54/h3-36H,2H2,1H3. The lowest BCUT2D eigenvalue weighted by atomic mass is 9.95. The Bertz CT molecular complexity index is 3400. The van der Waals surface area contributed by atoms with Gasteiger partial charge in [0, 0.05) is 16.7 Å². The predicted octanol–water partition coefficient (Wildman–Crippen LogP) is 15.0. The lowest BCUT2D eigenvalue weighted by Gasteiger charge is -2.14. The van der Waals surface area contributed by atoms with Gasteiger partial charge in [-0.3, -0.25) is 0 Å². The van der Waals surface area contributed by atoms with Crippen LogP contribution < -0.4 is 0 Å². The highest BCUT2D eigenvalue weighted by molar-refractivity contribution is 6.13. The Labute approximate surface area is 349 Å². The first-order valence-electron chi connectivity index (χ1n) is 20.6. The first kappa shape index (κ1) is 35.4. The molecule has 10 aromatic carbocycles. The Morgan fingerprint density at radius 1 is 0.283 bits per heavy atom. The van der Waals surface area contributed by atoms with Crippen LogP contribution >= 0.6 is 0 Å². The lowest BCUT2D eigenvalue weighted by molar-refractivity contribution is 1.07. The quantitative estimate of drug-likeness (QED) is 0.152. The van der Waals surface area contributed by atoms with E-state index in [1.54, 1.807) is 0 Å². The van der Waals surface area contributed by atoms with Crippen molar-refractivity contribution in [2.24, 2.45) is 0 Å². The van der Waals surface area contributed by atoms with Crippen LogP contribution in [0.15, 0.2) is 206 Å². The van der Waals surface area contributed by atoms with E-state index in [2.05, 4.69) is 213 Å². The molecular weight excluding hydrogens is 727 g/mol. The van der Waals surface area contributed by atoms with E-state index in [1.807, 2.05) is 0 Å². The van der Waals surface area contributed by atoms with Gasteiger partial charge < -0.3 is 0 Å². The molecule has 0 saturated carbocycles. The van der Waals surface area contributed by atoms with Crippen molar-refractivity contribution in [2.45, 2.75) is 13.3 Å². The first-order chi connectivity index (χ1) is 29.6. The van der Waals surface area contributed by atoms with Crippen molar-refractivity contribution in [3.63, 3.8) is 0 Å². The molecule has 0 amide bonds. The third-order valence-corrected chi connectivity index (χ3v) is 11.8. The van der Waals surface area contributed by atoms with Gasteiger partial charge in [0.2, 0.25) is 0 Å². The molecule has 282 valence electrons. The molecule has 0 radical (unpaired) electrons. The van der Waals surface area contributed by atoms with Crippen molar-refractivity contribution in [3.05, 3.63) is 212 Å². The van der Waals surface area contributed by atoms with Crippen LogP contribution in [0.25, 0.3) is 111 Å². The Morgan fingerprint density at radius 2 is 0.817 bits per heavy atom. The van der Waals surface area contributed by atoms with Crippen molar-refractivity contribution in [1.29, 1.82) is 0 Å². The molecule has 0 atom stereocenters. The molecular formula is C57H39N3. The fourth-order valence-electron chi connectivity index (χ4n) is 8.69. The molecule has 0 spiro atoms. The van der Waals surface area contributed by atoms with Gasteiger partial charge in [-0.05, 0) is 113 Å². The zero-order chi connectivity index (χ0) is 40.0. The summed E-state index contributed by atoms with van der Waals surface area (Å²) in [5.74, 6) is 1.94. The van der Waals surface area contributed by atoms with Crippen LogP contribution in [0.5, 0.6) is 0 Å². The Balaban J connectivity index is 1.05. The number of fused-ring (bicyclic) bond motifs is 5. The molecule has 0 aliphatic carbocycles. The highest BCUT2D eigenvalue weighted by Gasteiger charge is 2.18. The number of aromatic nitrogens is 3. The van der Waals surface area contributed by atoms with Crippen LogP contribution in [0.1, 0.15) is 12.5 Å². The first-order valence-corrected chi connectivity index (χ1v) is 20.6. The van der Waals surface area contributed by atoms with Gasteiger partial charge in [-0.2, -0.15) is 0 Å². The van der Waals surface area contributed by atoms with Gasteiger partial charge >= 0.3 is 0 Å². The lowest BCUT2D eigenvalue weighted by Crippen LogP contribution is -2.01. The maximum absolute atomic E-state index is 5.32. The summed E-state index contributed by atoms with van der Waals surface area (Å²) in [4.78, 5) is 15.9. The molecule has 0 saturated heterocycles. The normalized spacial score (nSPS) is 11.5. The van der Waals surface area contributed by atoms with E-state index in [4.69, 9.17) is 15.0 Å². The second-order valence-electron chi connectivity index (χ2n) is 15.5. The van der Waals surface area contributed by atoms with Gasteiger partial charge in [0.15, 0.2) is 17.5 Å². The van der Waals surface area contributed by atoms with Crippen molar-refractivity contribution >= 4 is 43.1 Å². The molecule has 11 rings (SSSR count). The minimum atomic E-state index is 0.639. The summed E-state index contributed by atoms with van der Waals surface area (Å²) in [5.41, 5.74) is 11.1. The molecule has 0 unspecified atom stereocenters. The number of nitrogens with zero attached hydrogens (tertiary/aromatic N) is 3. The fraction of sp³-hybridized carbons (Fsp3) is 0.0351. The second kappa shape index (κ2) is 14.9. The topological polar surface area (TPSA) is 38.7 Å². The third kappa shape index (κ3) is 6.47. The number of aryl methyl sites for hydroxylation is 1. The molecule has 3 heteroatoms. The van der Waals surface area contributed by atoms with E-state index in [0.717, 1.165) is 50.6 Å². The van der Waals surface area contributed by atoms with Crippen LogP contribution in [0.3, 0.4) is 0 Å². The van der Waals surface area contributed by atoms with Crippen molar-refractivity contribution in [3.8, 4) is 67.5 Å². The molecule has 1 heterocycles. The van der Waals surface area contributed by atoms with E-state index >= 15 is 0 Å². The van der Waals surface area contributed by atoms with E-state index in [1.165, 1.54) is 54.6 Å². The molecule has 0 aliphatic rings. The van der Waals surface area contributed by atoms with Gasteiger partial charge in [-0.25, -0.2) is 15.0 Å². The van der Waals surface area contributed by atoms with E-state index in [9.17, 15) is 0 Å². The van der Waals surface area contributed by atoms with Crippen molar-refractivity contribution < 1.29 is 0 Å². The van der Waals surface area contributed by atoms with Crippen LogP contribution in [-0.2, 0) is 6.42 Å². The second-order valence-corrected chi connectivity index (χ2v) is 15.5. The molecule has 0 N–H and O–H groups in total. The Kier molecular flexibility index (Phi) is 8.78. The van der Waals surface area contributed by atoms with Gasteiger partial charge in [0.1, 0.15) is 0 Å². The SMILES string of the molecule is CCc1cc(-c2ccc(-c3ccc4ccccc4c3)cc2)cc(-c2nc(-c3ccc(-c4cccc5ccccc45)cc3)nc(-c3cc4ccccc4c4ccccc34)n2)c1. The van der Waals surface area contributed by atoms with Gasteiger partial charge in [-0.15, -0.1) is 0 Å². The zero-order valence-corrected chi connectivity index (χ0v) is 33.2. The van der Waals surface area contributed by atoms with Crippen LogP contribution in [0, 0.1) is 0 Å². The van der Waals surface area contributed by atoms with Gasteiger partial charge in [0.05, 0.1) is 0 Å². The summed E-state index contributed by atoms with van der Waals surface area (Å²) < 4.78 is 0. The monoisotopic (exact) mass is 765 g/mol. The largest absolute Gasteiger partial charge is 0.208 e. The smallest absolute Gasteiger partial charge is 0.164 e.